The summed E-state index contributed by atoms with van der Waals surface area (Å²) in [6, 6.07) is 0. The fourth-order valence-corrected chi connectivity index (χ4v) is 5.45. The van der Waals surface area contributed by atoms with Gasteiger partial charge in [0.25, 0.3) is 0 Å². The quantitative estimate of drug-likeness (QED) is 0.533. The lowest BCUT2D eigenvalue weighted by Crippen LogP contribution is -2.17. The number of hydrogen-bond acceptors (Lipinski definition) is 1. The van der Waals surface area contributed by atoms with Gasteiger partial charge in [-0.1, -0.05) is 36.0 Å². The van der Waals surface area contributed by atoms with Crippen molar-refractivity contribution in [1.29, 1.82) is 0 Å². The zero-order valence-corrected chi connectivity index (χ0v) is 14.1. The molecule has 118 valence electrons. The Kier molecular flexibility index (Phi) is 6.51. The van der Waals surface area contributed by atoms with Crippen LogP contribution in [0.15, 0.2) is 36.0 Å². The van der Waals surface area contributed by atoms with Gasteiger partial charge in [-0.2, -0.15) is 0 Å². The van der Waals surface area contributed by atoms with Crippen LogP contribution in [0.4, 0.5) is 0 Å². The van der Waals surface area contributed by atoms with E-state index in [1.807, 2.05) is 0 Å². The Morgan fingerprint density at radius 3 is 2.67 bits per heavy atom. The maximum absolute atomic E-state index is 12.4. The van der Waals surface area contributed by atoms with Crippen molar-refractivity contribution in [2.75, 3.05) is 12.3 Å². The van der Waals surface area contributed by atoms with E-state index < -0.39 is 7.37 Å². The molecule has 1 saturated carbocycles. The molecule has 0 aliphatic heterocycles. The van der Waals surface area contributed by atoms with Gasteiger partial charge in [0, 0.05) is 12.3 Å². The molecule has 1 unspecified atom stereocenters. The molecule has 0 radical (unpaired) electrons. The van der Waals surface area contributed by atoms with E-state index >= 15 is 0 Å². The lowest BCUT2D eigenvalue weighted by atomic mass is 9.83. The van der Waals surface area contributed by atoms with Crippen LogP contribution in [0, 0.1) is 11.8 Å². The molecule has 0 aromatic heterocycles. The lowest BCUT2D eigenvalue weighted by Gasteiger charge is -2.28. The average Bonchev–Trinajstić information content (AvgIpc) is 2.48. The van der Waals surface area contributed by atoms with E-state index in [0.29, 0.717) is 24.2 Å². The number of rotatable bonds is 6. The first-order valence-corrected chi connectivity index (χ1v) is 10.4. The van der Waals surface area contributed by atoms with Crippen molar-refractivity contribution < 1.29 is 9.46 Å². The number of allylic oxidation sites excluding steroid dienone is 6. The molecule has 0 aromatic carbocycles. The smallest absolute Gasteiger partial charge is 0.201 e. The van der Waals surface area contributed by atoms with E-state index in [9.17, 15) is 9.46 Å². The molecule has 2 aliphatic rings. The van der Waals surface area contributed by atoms with Crippen LogP contribution in [0.3, 0.4) is 0 Å². The summed E-state index contributed by atoms with van der Waals surface area (Å²) in [7, 11) is -2.96. The van der Waals surface area contributed by atoms with Crippen LogP contribution in [0.25, 0.3) is 0 Å². The first-order chi connectivity index (χ1) is 10.1. The van der Waals surface area contributed by atoms with E-state index in [1.165, 1.54) is 18.4 Å². The second kappa shape index (κ2) is 8.15. The standard InChI is InChI=1S/C18H29O2P/c1-2-6-16-9-11-18(12-10-16)15-21(19,20)14-13-17-7-4-3-5-8-17/h2,4,6-8,16,18H,3,5,9-15H2,1H3,(H,19,20)/b6-2+. The van der Waals surface area contributed by atoms with Crippen molar-refractivity contribution in [2.24, 2.45) is 11.8 Å². The Hall–Kier alpha value is -0.590. The third kappa shape index (κ3) is 5.96. The van der Waals surface area contributed by atoms with Crippen LogP contribution >= 0.6 is 7.37 Å². The van der Waals surface area contributed by atoms with Gasteiger partial charge in [0.1, 0.15) is 0 Å². The van der Waals surface area contributed by atoms with E-state index in [4.69, 9.17) is 0 Å². The second-order valence-electron chi connectivity index (χ2n) is 6.57. The Bertz CT molecular complexity index is 454. The fourth-order valence-electron chi connectivity index (χ4n) is 3.49. The molecule has 0 amide bonds. The van der Waals surface area contributed by atoms with Crippen LogP contribution in [-0.4, -0.2) is 17.2 Å². The van der Waals surface area contributed by atoms with E-state index in [2.05, 4.69) is 37.3 Å². The highest BCUT2D eigenvalue weighted by atomic mass is 31.2. The van der Waals surface area contributed by atoms with Crippen molar-refractivity contribution in [3.05, 3.63) is 36.0 Å². The largest absolute Gasteiger partial charge is 0.344 e. The minimum absolute atomic E-state index is 0.456. The van der Waals surface area contributed by atoms with Gasteiger partial charge < -0.3 is 4.89 Å². The van der Waals surface area contributed by atoms with E-state index in [1.54, 1.807) is 0 Å². The summed E-state index contributed by atoms with van der Waals surface area (Å²) in [5.74, 6) is 1.15. The van der Waals surface area contributed by atoms with Crippen LogP contribution < -0.4 is 0 Å². The monoisotopic (exact) mass is 308 g/mol. The third-order valence-corrected chi connectivity index (χ3v) is 6.73. The lowest BCUT2D eigenvalue weighted by molar-refractivity contribution is 0.324. The second-order valence-corrected chi connectivity index (χ2v) is 9.07. The minimum atomic E-state index is -2.96. The summed E-state index contributed by atoms with van der Waals surface area (Å²) in [4.78, 5) is 10.3. The summed E-state index contributed by atoms with van der Waals surface area (Å²) in [5.41, 5.74) is 1.24. The van der Waals surface area contributed by atoms with Gasteiger partial charge in [0.05, 0.1) is 0 Å². The van der Waals surface area contributed by atoms with Crippen molar-refractivity contribution in [1.82, 2.24) is 0 Å². The van der Waals surface area contributed by atoms with Crippen molar-refractivity contribution >= 4 is 7.37 Å². The van der Waals surface area contributed by atoms with Gasteiger partial charge in [0.2, 0.25) is 7.37 Å². The zero-order valence-electron chi connectivity index (χ0n) is 13.2. The van der Waals surface area contributed by atoms with Crippen LogP contribution in [-0.2, 0) is 4.57 Å². The van der Waals surface area contributed by atoms with Gasteiger partial charge in [-0.15, -0.1) is 0 Å². The molecule has 1 N–H and O–H groups in total. The summed E-state index contributed by atoms with van der Waals surface area (Å²) in [6.45, 7) is 2.07. The maximum Gasteiger partial charge on any atom is 0.201 e. The molecule has 0 spiro atoms. The van der Waals surface area contributed by atoms with Crippen LogP contribution in [0.2, 0.25) is 0 Å². The molecule has 0 saturated heterocycles. The molecule has 21 heavy (non-hydrogen) atoms. The Morgan fingerprint density at radius 2 is 2.05 bits per heavy atom. The summed E-state index contributed by atoms with van der Waals surface area (Å²) >= 11 is 0. The Morgan fingerprint density at radius 1 is 1.29 bits per heavy atom. The Balaban J connectivity index is 1.75. The van der Waals surface area contributed by atoms with Crippen LogP contribution in [0.1, 0.15) is 51.9 Å². The zero-order chi connectivity index (χ0) is 15.1. The van der Waals surface area contributed by atoms with Crippen molar-refractivity contribution in [2.45, 2.75) is 51.9 Å². The predicted molar refractivity (Wildman–Crippen MR) is 90.9 cm³/mol. The normalized spacial score (nSPS) is 29.3. The molecule has 2 aliphatic carbocycles. The molecule has 0 bridgehead atoms. The SMILES string of the molecule is C/C=C/C1CCC(CP(=O)(O)CCC2=CCCC=C2)CC1. The first kappa shape index (κ1) is 16.8. The topological polar surface area (TPSA) is 37.3 Å². The van der Waals surface area contributed by atoms with Gasteiger partial charge in [-0.05, 0) is 63.7 Å². The molecular formula is C18H29O2P. The Labute approximate surface area is 129 Å². The number of hydrogen-bond donors (Lipinski definition) is 1. The summed E-state index contributed by atoms with van der Waals surface area (Å²) in [6.07, 6.45) is 19.4. The highest BCUT2D eigenvalue weighted by Gasteiger charge is 2.27. The fraction of sp³-hybridized carbons (Fsp3) is 0.667. The van der Waals surface area contributed by atoms with Crippen LogP contribution in [0.5, 0.6) is 0 Å². The molecule has 0 heterocycles. The molecule has 0 aromatic rings. The van der Waals surface area contributed by atoms with Gasteiger partial charge in [-0.3, -0.25) is 4.57 Å². The average molecular weight is 308 g/mol. The molecule has 2 rings (SSSR count). The van der Waals surface area contributed by atoms with Crippen molar-refractivity contribution in [3.63, 3.8) is 0 Å². The third-order valence-electron chi connectivity index (χ3n) is 4.72. The van der Waals surface area contributed by atoms with E-state index in [-0.39, 0.29) is 0 Å². The highest BCUT2D eigenvalue weighted by Crippen LogP contribution is 2.47. The van der Waals surface area contributed by atoms with Gasteiger partial charge in [0.15, 0.2) is 0 Å². The molecule has 3 heteroatoms. The van der Waals surface area contributed by atoms with E-state index in [0.717, 1.165) is 32.1 Å². The van der Waals surface area contributed by atoms with Gasteiger partial charge in [-0.25, -0.2) is 0 Å². The molecule has 2 nitrogen and oxygen atoms in total. The summed E-state index contributed by atoms with van der Waals surface area (Å²) < 4.78 is 12.4. The predicted octanol–water partition coefficient (Wildman–Crippen LogP) is 5.31. The maximum atomic E-state index is 12.4. The minimum Gasteiger partial charge on any atom is -0.344 e. The molecular weight excluding hydrogens is 279 g/mol. The summed E-state index contributed by atoms with van der Waals surface area (Å²) in [5, 5.41) is 0. The van der Waals surface area contributed by atoms with Crippen molar-refractivity contribution in [3.8, 4) is 0 Å². The van der Waals surface area contributed by atoms with Gasteiger partial charge >= 0.3 is 0 Å². The molecule has 1 fully saturated rings. The molecule has 1 atom stereocenters. The highest BCUT2D eigenvalue weighted by molar-refractivity contribution is 7.58. The first-order valence-electron chi connectivity index (χ1n) is 8.38.